The highest BCUT2D eigenvalue weighted by atomic mass is 35.5. The molecule has 1 amide bonds. The summed E-state index contributed by atoms with van der Waals surface area (Å²) in [6.07, 6.45) is 5.89. The first-order chi connectivity index (χ1) is 11.8. The summed E-state index contributed by atoms with van der Waals surface area (Å²) in [5.74, 6) is 0.239. The number of fused-ring (bicyclic) bond motifs is 1. The zero-order chi connectivity index (χ0) is 18.0. The van der Waals surface area contributed by atoms with Gasteiger partial charge in [-0.05, 0) is 31.9 Å². The Hall–Kier alpha value is -1.31. The van der Waals surface area contributed by atoms with E-state index >= 15 is 0 Å². The summed E-state index contributed by atoms with van der Waals surface area (Å²) < 4.78 is 32.9. The van der Waals surface area contributed by atoms with Crippen LogP contribution in [0.25, 0.3) is 0 Å². The fraction of sp³-hybridized carbons (Fsp3) is 0.588. The second-order valence-corrected chi connectivity index (χ2v) is 8.93. The molecule has 2 N–H and O–H groups in total. The van der Waals surface area contributed by atoms with Crippen molar-refractivity contribution in [2.24, 2.45) is 0 Å². The summed E-state index contributed by atoms with van der Waals surface area (Å²) >= 11 is 6.14. The average Bonchev–Trinajstić information content (AvgIpc) is 2.95. The van der Waals surface area contributed by atoms with E-state index in [-0.39, 0.29) is 34.5 Å². The lowest BCUT2D eigenvalue weighted by Crippen LogP contribution is -2.42. The Bertz CT molecular complexity index is 760. The molecule has 138 valence electrons. The van der Waals surface area contributed by atoms with Gasteiger partial charge in [0.05, 0.1) is 16.5 Å². The summed E-state index contributed by atoms with van der Waals surface area (Å²) in [6, 6.07) is 3.07. The lowest BCUT2D eigenvalue weighted by Gasteiger charge is -2.22. The van der Waals surface area contributed by atoms with Gasteiger partial charge < -0.3 is 10.1 Å². The summed E-state index contributed by atoms with van der Waals surface area (Å²) in [5.41, 5.74) is 0.770. The molecule has 1 aliphatic heterocycles. The van der Waals surface area contributed by atoms with Gasteiger partial charge in [-0.25, -0.2) is 13.1 Å². The number of carbonyl (C=O) groups excluding carboxylic acids is 1. The first-order valence-electron chi connectivity index (χ1n) is 8.63. The zero-order valence-corrected chi connectivity index (χ0v) is 15.8. The number of amides is 1. The molecule has 3 rings (SSSR count). The molecule has 2 aliphatic rings. The van der Waals surface area contributed by atoms with Crippen molar-refractivity contribution in [2.45, 2.75) is 62.5 Å². The number of hydrogen-bond donors (Lipinski definition) is 2. The maximum absolute atomic E-state index is 12.5. The van der Waals surface area contributed by atoms with Gasteiger partial charge in [-0.3, -0.25) is 4.79 Å². The van der Waals surface area contributed by atoms with Gasteiger partial charge in [0.1, 0.15) is 11.9 Å². The van der Waals surface area contributed by atoms with Crippen LogP contribution in [-0.2, 0) is 21.2 Å². The van der Waals surface area contributed by atoms with Crippen molar-refractivity contribution in [1.29, 1.82) is 0 Å². The van der Waals surface area contributed by atoms with E-state index in [0.717, 1.165) is 31.2 Å². The molecule has 1 saturated carbocycles. The van der Waals surface area contributed by atoms with E-state index in [1.165, 1.54) is 12.5 Å². The van der Waals surface area contributed by atoms with Crippen molar-refractivity contribution in [3.8, 4) is 5.75 Å². The van der Waals surface area contributed by atoms with Gasteiger partial charge in [0.2, 0.25) is 15.9 Å². The standard InChI is InChI=1S/C17H23ClN2O4S/c1-11-7-12-8-14(9-15(18)17(12)24-11)25(22,23)19-10-16(21)20-13-5-3-2-4-6-13/h8-9,11,13,19H,2-7,10H2,1H3,(H,20,21). The zero-order valence-electron chi connectivity index (χ0n) is 14.2. The van der Waals surface area contributed by atoms with Gasteiger partial charge in [-0.15, -0.1) is 0 Å². The van der Waals surface area contributed by atoms with E-state index in [2.05, 4.69) is 10.0 Å². The second-order valence-electron chi connectivity index (χ2n) is 6.75. The maximum atomic E-state index is 12.5. The topological polar surface area (TPSA) is 84.5 Å². The summed E-state index contributed by atoms with van der Waals surface area (Å²) in [7, 11) is -3.81. The van der Waals surface area contributed by atoms with Crippen LogP contribution in [0, 0.1) is 0 Å². The van der Waals surface area contributed by atoms with E-state index in [4.69, 9.17) is 16.3 Å². The minimum atomic E-state index is -3.81. The van der Waals surface area contributed by atoms with E-state index in [1.54, 1.807) is 6.07 Å². The number of halogens is 1. The van der Waals surface area contributed by atoms with Crippen molar-refractivity contribution in [3.05, 3.63) is 22.7 Å². The minimum Gasteiger partial charge on any atom is -0.489 e. The molecule has 0 spiro atoms. The third-order valence-corrected chi connectivity index (χ3v) is 6.29. The van der Waals surface area contributed by atoms with Gasteiger partial charge in [-0.2, -0.15) is 0 Å². The predicted molar refractivity (Wildman–Crippen MR) is 95.5 cm³/mol. The van der Waals surface area contributed by atoms with Crippen molar-refractivity contribution in [1.82, 2.24) is 10.0 Å². The van der Waals surface area contributed by atoms with Crippen LogP contribution >= 0.6 is 11.6 Å². The molecule has 1 heterocycles. The molecular weight excluding hydrogens is 364 g/mol. The number of ether oxygens (including phenoxy) is 1. The van der Waals surface area contributed by atoms with Gasteiger partial charge in [-0.1, -0.05) is 30.9 Å². The quantitative estimate of drug-likeness (QED) is 0.813. The van der Waals surface area contributed by atoms with E-state index < -0.39 is 10.0 Å². The molecule has 0 aromatic heterocycles. The molecule has 0 saturated heterocycles. The fourth-order valence-electron chi connectivity index (χ4n) is 3.38. The van der Waals surface area contributed by atoms with Crippen molar-refractivity contribution >= 4 is 27.5 Å². The first-order valence-corrected chi connectivity index (χ1v) is 10.5. The molecule has 1 aliphatic carbocycles. The molecule has 6 nitrogen and oxygen atoms in total. The maximum Gasteiger partial charge on any atom is 0.241 e. The van der Waals surface area contributed by atoms with E-state index in [9.17, 15) is 13.2 Å². The fourth-order valence-corrected chi connectivity index (χ4v) is 4.79. The molecule has 1 fully saturated rings. The summed E-state index contributed by atoms with van der Waals surface area (Å²) in [4.78, 5) is 12.1. The number of benzene rings is 1. The predicted octanol–water partition coefficient (Wildman–Crippen LogP) is 2.39. The summed E-state index contributed by atoms with van der Waals surface area (Å²) in [6.45, 7) is 1.62. The molecule has 8 heteroatoms. The van der Waals surface area contributed by atoms with Gasteiger partial charge in [0.25, 0.3) is 0 Å². The van der Waals surface area contributed by atoms with Crippen LogP contribution in [-0.4, -0.2) is 33.0 Å². The number of carbonyl (C=O) groups is 1. The molecular formula is C17H23ClN2O4S. The van der Waals surface area contributed by atoms with Gasteiger partial charge in [0.15, 0.2) is 0 Å². The molecule has 25 heavy (non-hydrogen) atoms. The Kier molecular flexibility index (Phi) is 5.55. The highest BCUT2D eigenvalue weighted by Gasteiger charge is 2.26. The number of sulfonamides is 1. The van der Waals surface area contributed by atoms with Crippen molar-refractivity contribution < 1.29 is 17.9 Å². The van der Waals surface area contributed by atoms with Crippen molar-refractivity contribution in [2.75, 3.05) is 6.54 Å². The number of nitrogens with one attached hydrogen (secondary N) is 2. The van der Waals surface area contributed by atoms with Gasteiger partial charge >= 0.3 is 0 Å². The van der Waals surface area contributed by atoms with Crippen LogP contribution in [0.5, 0.6) is 5.75 Å². The number of hydrogen-bond acceptors (Lipinski definition) is 4. The molecule has 1 unspecified atom stereocenters. The van der Waals surface area contributed by atoms with Crippen LogP contribution in [0.1, 0.15) is 44.6 Å². The molecule has 0 radical (unpaired) electrons. The van der Waals surface area contributed by atoms with Crippen molar-refractivity contribution in [3.63, 3.8) is 0 Å². The Morgan fingerprint density at radius 1 is 1.28 bits per heavy atom. The lowest BCUT2D eigenvalue weighted by atomic mass is 9.95. The van der Waals surface area contributed by atoms with Crippen LogP contribution in [0.2, 0.25) is 5.02 Å². The molecule has 1 aromatic carbocycles. The Labute approximate surface area is 153 Å². The van der Waals surface area contributed by atoms with Crippen LogP contribution in [0.3, 0.4) is 0 Å². The number of rotatable bonds is 5. The van der Waals surface area contributed by atoms with E-state index in [1.807, 2.05) is 6.92 Å². The monoisotopic (exact) mass is 386 g/mol. The van der Waals surface area contributed by atoms with Crippen LogP contribution < -0.4 is 14.8 Å². The Balaban J connectivity index is 1.63. The highest BCUT2D eigenvalue weighted by Crippen LogP contribution is 2.37. The Morgan fingerprint density at radius 2 is 2.00 bits per heavy atom. The molecule has 1 aromatic rings. The second kappa shape index (κ2) is 7.51. The minimum absolute atomic E-state index is 0.0281. The van der Waals surface area contributed by atoms with E-state index in [0.29, 0.717) is 12.2 Å². The SMILES string of the molecule is CC1Cc2cc(S(=O)(=O)NCC(=O)NC3CCCCC3)cc(Cl)c2O1. The molecule has 1 atom stereocenters. The summed E-state index contributed by atoms with van der Waals surface area (Å²) in [5, 5.41) is 3.16. The average molecular weight is 387 g/mol. The largest absolute Gasteiger partial charge is 0.489 e. The normalized spacial score (nSPS) is 20.8. The van der Waals surface area contributed by atoms with Crippen LogP contribution in [0.4, 0.5) is 0 Å². The molecule has 0 bridgehead atoms. The lowest BCUT2D eigenvalue weighted by molar-refractivity contribution is -0.120. The van der Waals surface area contributed by atoms with Crippen LogP contribution in [0.15, 0.2) is 17.0 Å². The third kappa shape index (κ3) is 4.46. The third-order valence-electron chi connectivity index (χ3n) is 4.62. The Morgan fingerprint density at radius 3 is 2.72 bits per heavy atom. The highest BCUT2D eigenvalue weighted by molar-refractivity contribution is 7.89. The van der Waals surface area contributed by atoms with Gasteiger partial charge in [0, 0.05) is 18.0 Å². The smallest absolute Gasteiger partial charge is 0.241 e. The first kappa shape index (κ1) is 18.5.